The molecule has 0 radical (unpaired) electrons. The molecule has 0 saturated carbocycles. The number of amides is 2. The van der Waals surface area contributed by atoms with Crippen LogP contribution < -0.4 is 19.4 Å². The average molecular weight is 662 g/mol. The van der Waals surface area contributed by atoms with E-state index < -0.39 is 17.9 Å². The van der Waals surface area contributed by atoms with Crippen molar-refractivity contribution in [2.75, 3.05) is 67.2 Å². The molecular weight excluding hydrogens is 620 g/mol. The Hall–Kier alpha value is -4.75. The maximum atomic E-state index is 12.7. The Bertz CT molecular complexity index is 1580. The molecule has 0 bridgehead atoms. The molecule has 3 aliphatic rings. The zero-order chi connectivity index (χ0) is 33.5. The Labute approximate surface area is 279 Å². The van der Waals surface area contributed by atoms with Crippen LogP contribution in [0.2, 0.25) is 0 Å². The highest BCUT2D eigenvalue weighted by Crippen LogP contribution is 2.27. The summed E-state index contributed by atoms with van der Waals surface area (Å²) >= 11 is 0. The lowest BCUT2D eigenvalue weighted by Gasteiger charge is -2.37. The number of ether oxygens (including phenoxy) is 3. The number of aromatic nitrogens is 3. The Kier molecular flexibility index (Phi) is 10.7. The van der Waals surface area contributed by atoms with Gasteiger partial charge in [-0.25, -0.2) is 13.6 Å². The first kappa shape index (κ1) is 33.2. The number of nitrogens with zero attached hydrogens (tertiary/aromatic N) is 7. The summed E-state index contributed by atoms with van der Waals surface area (Å²) in [5.41, 5.74) is 3.35. The molecular formula is C35H41F2N7O4. The van der Waals surface area contributed by atoms with Crippen LogP contribution in [0.25, 0.3) is 0 Å². The van der Waals surface area contributed by atoms with Gasteiger partial charge in [-0.15, -0.1) is 0 Å². The molecule has 0 spiro atoms. The third kappa shape index (κ3) is 8.39. The van der Waals surface area contributed by atoms with E-state index in [2.05, 4.69) is 70.2 Å². The van der Waals surface area contributed by atoms with Crippen molar-refractivity contribution in [1.29, 1.82) is 0 Å². The van der Waals surface area contributed by atoms with Crippen LogP contribution in [0.5, 0.6) is 5.75 Å². The molecule has 0 aliphatic carbocycles. The zero-order valence-electron chi connectivity index (χ0n) is 27.2. The van der Waals surface area contributed by atoms with Gasteiger partial charge in [-0.1, -0.05) is 6.07 Å². The molecule has 4 aromatic rings. The lowest BCUT2D eigenvalue weighted by atomic mass is 10.2. The fraction of sp³-hybridized carbons (Fsp3) is 0.400. The third-order valence-electron chi connectivity index (χ3n) is 8.49. The number of halogens is 2. The molecule has 2 amide bonds. The second-order valence-corrected chi connectivity index (χ2v) is 12.1. The number of anilines is 3. The molecule has 4 heterocycles. The van der Waals surface area contributed by atoms with Gasteiger partial charge in [0.05, 0.1) is 25.5 Å². The van der Waals surface area contributed by atoms with Crippen LogP contribution in [-0.4, -0.2) is 96.8 Å². The van der Waals surface area contributed by atoms with Crippen molar-refractivity contribution in [3.8, 4) is 5.75 Å². The zero-order valence-corrected chi connectivity index (χ0v) is 27.2. The number of piperazine rings is 1. The first-order chi connectivity index (χ1) is 23.3. The summed E-state index contributed by atoms with van der Waals surface area (Å²) in [7, 11) is 0. The molecule has 3 aromatic carbocycles. The summed E-state index contributed by atoms with van der Waals surface area (Å²) in [6, 6.07) is 21.5. The highest BCUT2D eigenvalue weighted by atomic mass is 19.1. The van der Waals surface area contributed by atoms with Gasteiger partial charge in [0, 0.05) is 68.4 Å². The molecule has 7 rings (SSSR count). The van der Waals surface area contributed by atoms with Gasteiger partial charge in [0.15, 0.2) is 6.29 Å². The number of rotatable bonds is 9. The number of urea groups is 1. The Morgan fingerprint density at radius 3 is 1.94 bits per heavy atom. The van der Waals surface area contributed by atoms with Crippen LogP contribution in [0.4, 0.5) is 30.6 Å². The van der Waals surface area contributed by atoms with Gasteiger partial charge in [-0.2, -0.15) is 15.0 Å². The van der Waals surface area contributed by atoms with E-state index >= 15 is 0 Å². The van der Waals surface area contributed by atoms with Gasteiger partial charge < -0.3 is 28.9 Å². The first-order valence-corrected chi connectivity index (χ1v) is 16.3. The molecule has 2 atom stereocenters. The van der Waals surface area contributed by atoms with Crippen LogP contribution in [0.1, 0.15) is 13.8 Å². The largest absolute Gasteiger partial charge is 0.488 e. The molecule has 48 heavy (non-hydrogen) atoms. The monoisotopic (exact) mass is 661 g/mol. The van der Waals surface area contributed by atoms with Crippen molar-refractivity contribution < 1.29 is 27.8 Å². The van der Waals surface area contributed by atoms with E-state index in [0.29, 0.717) is 19.8 Å². The minimum absolute atomic E-state index is 0.0788. The van der Waals surface area contributed by atoms with Gasteiger partial charge in [-0.3, -0.25) is 4.90 Å². The van der Waals surface area contributed by atoms with Crippen LogP contribution in [0, 0.1) is 11.6 Å². The van der Waals surface area contributed by atoms with Gasteiger partial charge in [0.1, 0.15) is 30.1 Å². The summed E-state index contributed by atoms with van der Waals surface area (Å²) < 4.78 is 41.4. The van der Waals surface area contributed by atoms with Crippen LogP contribution in [0.3, 0.4) is 0 Å². The smallest absolute Gasteiger partial charge is 0.324 e. The number of carbonyl (C=O) groups excluding carboxylic acids is 1. The SMILES string of the molecule is CC(C)N1CCN(c2ccc(N3CCN(c4ccc(OCC5OCC(Cn6nccn6)O5)cc4)CC3)cc2)C1=O.Fc1cccc(F)c1. The quantitative estimate of drug-likeness (QED) is 0.247. The minimum atomic E-state index is -0.537. The summed E-state index contributed by atoms with van der Waals surface area (Å²) in [6.45, 7) is 10.8. The first-order valence-electron chi connectivity index (χ1n) is 16.3. The van der Waals surface area contributed by atoms with E-state index in [0.717, 1.165) is 56.8 Å². The topological polar surface area (TPSA) is 88.4 Å². The second kappa shape index (κ2) is 15.4. The fourth-order valence-corrected chi connectivity index (χ4v) is 5.93. The molecule has 3 fully saturated rings. The Balaban J connectivity index is 0.000000441. The van der Waals surface area contributed by atoms with Gasteiger partial charge in [-0.05, 0) is 74.5 Å². The van der Waals surface area contributed by atoms with Crippen molar-refractivity contribution in [2.24, 2.45) is 0 Å². The van der Waals surface area contributed by atoms with Crippen molar-refractivity contribution in [3.63, 3.8) is 0 Å². The highest BCUT2D eigenvalue weighted by Gasteiger charge is 2.31. The molecule has 254 valence electrons. The molecule has 3 saturated heterocycles. The van der Waals surface area contributed by atoms with Gasteiger partial charge >= 0.3 is 6.03 Å². The van der Waals surface area contributed by atoms with E-state index in [-0.39, 0.29) is 18.2 Å². The van der Waals surface area contributed by atoms with E-state index in [1.54, 1.807) is 17.2 Å². The normalized spacial score (nSPS) is 19.6. The maximum Gasteiger partial charge on any atom is 0.324 e. The average Bonchev–Trinajstić information content (AvgIpc) is 3.87. The lowest BCUT2D eigenvalue weighted by Crippen LogP contribution is -2.46. The number of hydrogen-bond donors (Lipinski definition) is 0. The Morgan fingerprint density at radius 2 is 1.40 bits per heavy atom. The molecule has 11 nitrogen and oxygen atoms in total. The van der Waals surface area contributed by atoms with Gasteiger partial charge in [0.25, 0.3) is 0 Å². The predicted molar refractivity (Wildman–Crippen MR) is 178 cm³/mol. The maximum absolute atomic E-state index is 12.7. The third-order valence-corrected chi connectivity index (χ3v) is 8.49. The van der Waals surface area contributed by atoms with Crippen molar-refractivity contribution in [3.05, 3.63) is 96.8 Å². The fourth-order valence-electron chi connectivity index (χ4n) is 5.93. The van der Waals surface area contributed by atoms with E-state index in [1.807, 2.05) is 21.9 Å². The number of hydrogen-bond acceptors (Lipinski definition) is 8. The molecule has 0 N–H and O–H groups in total. The van der Waals surface area contributed by atoms with E-state index in [4.69, 9.17) is 14.2 Å². The van der Waals surface area contributed by atoms with Crippen LogP contribution in [-0.2, 0) is 16.0 Å². The van der Waals surface area contributed by atoms with Crippen LogP contribution in [0.15, 0.2) is 85.2 Å². The predicted octanol–water partition coefficient (Wildman–Crippen LogP) is 5.04. The lowest BCUT2D eigenvalue weighted by molar-refractivity contribution is -0.0841. The molecule has 1 aromatic heterocycles. The minimum Gasteiger partial charge on any atom is -0.488 e. The number of benzene rings is 3. The van der Waals surface area contributed by atoms with Crippen molar-refractivity contribution >= 4 is 23.1 Å². The second-order valence-electron chi connectivity index (χ2n) is 12.1. The summed E-state index contributed by atoms with van der Waals surface area (Å²) in [6.07, 6.45) is 2.83. The van der Waals surface area contributed by atoms with Crippen LogP contribution >= 0.6 is 0 Å². The van der Waals surface area contributed by atoms with Crippen molar-refractivity contribution in [1.82, 2.24) is 19.9 Å². The molecule has 2 unspecified atom stereocenters. The highest BCUT2D eigenvalue weighted by molar-refractivity contribution is 5.94. The molecule has 3 aliphatic heterocycles. The van der Waals surface area contributed by atoms with E-state index in [9.17, 15) is 13.6 Å². The number of carbonyl (C=O) groups is 1. The summed E-state index contributed by atoms with van der Waals surface area (Å²) in [5, 5.41) is 8.22. The Morgan fingerprint density at radius 1 is 0.812 bits per heavy atom. The molecule has 13 heteroatoms. The summed E-state index contributed by atoms with van der Waals surface area (Å²) in [5.74, 6) is -0.283. The standard InChI is InChI=1S/C29H37N7O4.C6H4F2/c1-22(2)34-17-18-35(29(34)37)25-5-3-23(4-6-25)32-13-15-33(16-14-32)24-7-9-26(10-8-24)38-21-28-39-20-27(40-28)19-36-30-11-12-31-36;7-5-2-1-3-6(8)4-5/h3-12,22,27-28H,13-21H2,1-2H3;1-4H. The van der Waals surface area contributed by atoms with E-state index in [1.165, 1.54) is 29.6 Å². The van der Waals surface area contributed by atoms with Gasteiger partial charge in [0.2, 0.25) is 0 Å². The van der Waals surface area contributed by atoms with Crippen molar-refractivity contribution in [2.45, 2.75) is 38.8 Å². The summed E-state index contributed by atoms with van der Waals surface area (Å²) in [4.78, 5) is 22.9.